The summed E-state index contributed by atoms with van der Waals surface area (Å²) in [5, 5.41) is 2.37. The Morgan fingerprint density at radius 3 is 2.37 bits per heavy atom. The average Bonchev–Trinajstić information content (AvgIpc) is 2.43. The third-order valence-electron chi connectivity index (χ3n) is 3.71. The molecule has 0 spiro atoms. The number of hydrogen-bond acceptors (Lipinski definition) is 1. The Morgan fingerprint density at radius 1 is 1.21 bits per heavy atom. The van der Waals surface area contributed by atoms with Crippen molar-refractivity contribution in [1.82, 2.24) is 0 Å². The molecule has 3 nitrogen and oxygen atoms in total. The molecule has 5 heteroatoms. The fraction of sp³-hybridized carbons (Fsp3) is 0.500. The smallest absolute Gasteiger partial charge is 0.282 e. The highest BCUT2D eigenvalue weighted by Gasteiger charge is 2.27. The average molecular weight is 269 g/mol. The zero-order chi connectivity index (χ0) is 13.8. The van der Waals surface area contributed by atoms with Crippen LogP contribution >= 0.6 is 0 Å². The maximum absolute atomic E-state index is 13.5. The number of anilines is 1. The van der Waals surface area contributed by atoms with Crippen LogP contribution in [0.2, 0.25) is 0 Å². The van der Waals surface area contributed by atoms with E-state index in [1.165, 1.54) is 17.4 Å². The van der Waals surface area contributed by atoms with Crippen LogP contribution in [0.25, 0.3) is 0 Å². The Bertz CT molecular complexity index is 439. The van der Waals surface area contributed by atoms with Crippen LogP contribution < -0.4 is 10.2 Å². The molecule has 104 valence electrons. The highest BCUT2D eigenvalue weighted by Crippen LogP contribution is 2.17. The molecular formula is C14H19F2N2O+. The van der Waals surface area contributed by atoms with E-state index in [1.54, 1.807) is 6.92 Å². The van der Waals surface area contributed by atoms with Gasteiger partial charge in [0.1, 0.15) is 17.3 Å². The quantitative estimate of drug-likeness (QED) is 0.853. The second kappa shape index (κ2) is 6.10. The molecule has 1 aromatic rings. The number of halogens is 2. The van der Waals surface area contributed by atoms with Crippen molar-refractivity contribution in [2.75, 3.05) is 18.4 Å². The SMILES string of the molecule is CC(C(=O)Nc1c(F)cccc1F)[NH+]1CCCCC1. The fourth-order valence-corrected chi connectivity index (χ4v) is 2.47. The van der Waals surface area contributed by atoms with E-state index in [-0.39, 0.29) is 17.6 Å². The molecule has 0 aromatic heterocycles. The first kappa shape index (κ1) is 13.9. The lowest BCUT2D eigenvalue weighted by molar-refractivity contribution is -0.918. The van der Waals surface area contributed by atoms with Gasteiger partial charge in [-0.2, -0.15) is 0 Å². The molecule has 0 bridgehead atoms. The van der Waals surface area contributed by atoms with Gasteiger partial charge in [-0.3, -0.25) is 4.79 Å². The molecule has 1 aromatic carbocycles. The second-order valence-corrected chi connectivity index (χ2v) is 5.03. The molecule has 1 amide bonds. The Kier molecular flexibility index (Phi) is 4.47. The van der Waals surface area contributed by atoms with Crippen molar-refractivity contribution in [1.29, 1.82) is 0 Å². The van der Waals surface area contributed by atoms with E-state index in [1.807, 2.05) is 0 Å². The molecule has 1 heterocycles. The van der Waals surface area contributed by atoms with Gasteiger partial charge < -0.3 is 10.2 Å². The van der Waals surface area contributed by atoms with Crippen molar-refractivity contribution in [3.05, 3.63) is 29.8 Å². The van der Waals surface area contributed by atoms with Gasteiger partial charge in [0.15, 0.2) is 6.04 Å². The number of amides is 1. The molecule has 19 heavy (non-hydrogen) atoms. The number of hydrogen-bond donors (Lipinski definition) is 2. The van der Waals surface area contributed by atoms with Gasteiger partial charge in [-0.05, 0) is 38.3 Å². The monoisotopic (exact) mass is 269 g/mol. The minimum atomic E-state index is -0.741. The van der Waals surface area contributed by atoms with Crippen molar-refractivity contribution in [2.24, 2.45) is 0 Å². The summed E-state index contributed by atoms with van der Waals surface area (Å²) < 4.78 is 26.9. The number of carbonyl (C=O) groups excluding carboxylic acids is 1. The fourth-order valence-electron chi connectivity index (χ4n) is 2.47. The first-order valence-electron chi connectivity index (χ1n) is 6.69. The number of piperidine rings is 1. The third kappa shape index (κ3) is 3.29. The number of rotatable bonds is 3. The van der Waals surface area contributed by atoms with Crippen LogP contribution in [0.3, 0.4) is 0 Å². The molecule has 1 fully saturated rings. The Hall–Kier alpha value is -1.49. The minimum absolute atomic E-state index is 0.292. The van der Waals surface area contributed by atoms with Gasteiger partial charge >= 0.3 is 0 Å². The number of quaternary nitrogens is 1. The van der Waals surface area contributed by atoms with Crippen LogP contribution in [0.5, 0.6) is 0 Å². The van der Waals surface area contributed by atoms with Gasteiger partial charge in [0.05, 0.1) is 13.1 Å². The molecule has 2 rings (SSSR count). The molecule has 1 aliphatic rings. The lowest BCUT2D eigenvalue weighted by Gasteiger charge is -2.28. The van der Waals surface area contributed by atoms with Gasteiger partial charge in [0.25, 0.3) is 5.91 Å². The molecule has 1 atom stereocenters. The number of carbonyl (C=O) groups is 1. The van der Waals surface area contributed by atoms with Crippen molar-refractivity contribution in [2.45, 2.75) is 32.2 Å². The molecule has 1 saturated heterocycles. The van der Waals surface area contributed by atoms with E-state index in [0.717, 1.165) is 38.1 Å². The summed E-state index contributed by atoms with van der Waals surface area (Å²) in [6, 6.07) is 3.26. The minimum Gasteiger partial charge on any atom is -0.325 e. The van der Waals surface area contributed by atoms with Crippen molar-refractivity contribution in [3.63, 3.8) is 0 Å². The second-order valence-electron chi connectivity index (χ2n) is 5.03. The molecule has 0 saturated carbocycles. The lowest BCUT2D eigenvalue weighted by atomic mass is 10.1. The highest BCUT2D eigenvalue weighted by atomic mass is 19.1. The maximum atomic E-state index is 13.5. The van der Waals surface area contributed by atoms with Gasteiger partial charge in [-0.25, -0.2) is 8.78 Å². The summed E-state index contributed by atoms with van der Waals surface area (Å²) in [5.74, 6) is -1.82. The molecule has 1 unspecified atom stereocenters. The summed E-state index contributed by atoms with van der Waals surface area (Å²) in [5.41, 5.74) is -0.351. The molecular weight excluding hydrogens is 250 g/mol. The zero-order valence-electron chi connectivity index (χ0n) is 11.0. The molecule has 0 aliphatic carbocycles. The van der Waals surface area contributed by atoms with Gasteiger partial charge in [-0.15, -0.1) is 0 Å². The van der Waals surface area contributed by atoms with E-state index in [4.69, 9.17) is 0 Å². The number of likely N-dealkylation sites (tertiary alicyclic amines) is 1. The Balaban J connectivity index is 2.04. The highest BCUT2D eigenvalue weighted by molar-refractivity contribution is 5.93. The van der Waals surface area contributed by atoms with E-state index in [9.17, 15) is 13.6 Å². The Morgan fingerprint density at radius 2 is 1.79 bits per heavy atom. The van der Waals surface area contributed by atoms with Crippen LogP contribution in [-0.2, 0) is 4.79 Å². The van der Waals surface area contributed by atoms with Crippen LogP contribution in [-0.4, -0.2) is 25.0 Å². The van der Waals surface area contributed by atoms with Gasteiger partial charge in [0.2, 0.25) is 0 Å². The lowest BCUT2D eigenvalue weighted by Crippen LogP contribution is -3.17. The van der Waals surface area contributed by atoms with Gasteiger partial charge in [-0.1, -0.05) is 6.07 Å². The predicted octanol–water partition coefficient (Wildman–Crippen LogP) is 1.36. The first-order valence-corrected chi connectivity index (χ1v) is 6.69. The molecule has 0 radical (unpaired) electrons. The summed E-state index contributed by atoms with van der Waals surface area (Å²) >= 11 is 0. The number of benzene rings is 1. The first-order chi connectivity index (χ1) is 9.09. The maximum Gasteiger partial charge on any atom is 0.282 e. The topological polar surface area (TPSA) is 33.5 Å². The summed E-state index contributed by atoms with van der Waals surface area (Å²) in [4.78, 5) is 13.2. The molecule has 2 N–H and O–H groups in total. The van der Waals surface area contributed by atoms with E-state index in [0.29, 0.717) is 0 Å². The van der Waals surface area contributed by atoms with Crippen molar-refractivity contribution >= 4 is 11.6 Å². The van der Waals surface area contributed by atoms with Crippen molar-refractivity contribution < 1.29 is 18.5 Å². The molecule has 1 aliphatic heterocycles. The third-order valence-corrected chi connectivity index (χ3v) is 3.71. The number of nitrogens with one attached hydrogen (secondary N) is 2. The van der Waals surface area contributed by atoms with Crippen molar-refractivity contribution in [3.8, 4) is 0 Å². The standard InChI is InChI=1S/C14H18F2N2O/c1-10(18-8-3-2-4-9-18)14(19)17-13-11(15)6-5-7-12(13)16/h5-7,10H,2-4,8-9H2,1H3,(H,17,19)/p+1. The van der Waals surface area contributed by atoms with E-state index in [2.05, 4.69) is 5.32 Å². The van der Waals surface area contributed by atoms with E-state index < -0.39 is 11.6 Å². The van der Waals surface area contributed by atoms with Crippen LogP contribution in [0.15, 0.2) is 18.2 Å². The van der Waals surface area contributed by atoms with Gasteiger partial charge in [0, 0.05) is 0 Å². The summed E-state index contributed by atoms with van der Waals surface area (Å²) in [6.45, 7) is 3.68. The number of para-hydroxylation sites is 1. The summed E-state index contributed by atoms with van der Waals surface area (Å²) in [6.07, 6.45) is 3.39. The van der Waals surface area contributed by atoms with Crippen LogP contribution in [0, 0.1) is 11.6 Å². The zero-order valence-corrected chi connectivity index (χ0v) is 11.0. The largest absolute Gasteiger partial charge is 0.325 e. The van der Waals surface area contributed by atoms with Crippen LogP contribution in [0.1, 0.15) is 26.2 Å². The van der Waals surface area contributed by atoms with E-state index >= 15 is 0 Å². The van der Waals surface area contributed by atoms with Crippen LogP contribution in [0.4, 0.5) is 14.5 Å². The summed E-state index contributed by atoms with van der Waals surface area (Å²) in [7, 11) is 0. The predicted molar refractivity (Wildman–Crippen MR) is 69.0 cm³/mol. The Labute approximate surface area is 111 Å². The normalized spacial score (nSPS) is 18.1.